The lowest BCUT2D eigenvalue weighted by molar-refractivity contribution is 0.692. The number of hydrogen-bond acceptors (Lipinski definition) is 3. The van der Waals surface area contributed by atoms with Crippen molar-refractivity contribution in [2.75, 3.05) is 11.4 Å². The summed E-state index contributed by atoms with van der Waals surface area (Å²) in [5, 5.41) is 14.0. The minimum atomic E-state index is 0.716. The molecule has 114 valence electrons. The van der Waals surface area contributed by atoms with Gasteiger partial charge >= 0.3 is 0 Å². The maximum Gasteiger partial charge on any atom is 0.158 e. The van der Waals surface area contributed by atoms with Crippen molar-refractivity contribution in [2.24, 2.45) is 7.05 Å². The van der Waals surface area contributed by atoms with E-state index in [0.29, 0.717) is 5.56 Å². The fraction of sp³-hybridized carbons (Fsp3) is 0.444. The van der Waals surface area contributed by atoms with E-state index in [0.717, 1.165) is 43.7 Å². The molecule has 3 rings (SSSR count). The Balaban J connectivity index is 2.08. The van der Waals surface area contributed by atoms with Crippen LogP contribution in [0.3, 0.4) is 0 Å². The van der Waals surface area contributed by atoms with E-state index < -0.39 is 0 Å². The first-order valence-corrected chi connectivity index (χ1v) is 8.04. The number of nitriles is 1. The van der Waals surface area contributed by atoms with Gasteiger partial charge in [-0.05, 0) is 37.0 Å². The van der Waals surface area contributed by atoms with Gasteiger partial charge in [-0.1, -0.05) is 26.3 Å². The third kappa shape index (κ3) is 2.27. The van der Waals surface area contributed by atoms with E-state index in [1.807, 2.05) is 23.9 Å². The van der Waals surface area contributed by atoms with Gasteiger partial charge < -0.3 is 4.90 Å². The van der Waals surface area contributed by atoms with Gasteiger partial charge in [0.25, 0.3) is 0 Å². The third-order valence-corrected chi connectivity index (χ3v) is 4.46. The highest BCUT2D eigenvalue weighted by Crippen LogP contribution is 2.37. The molecule has 0 fully saturated rings. The zero-order valence-electron chi connectivity index (χ0n) is 13.6. The van der Waals surface area contributed by atoms with Gasteiger partial charge in [0.05, 0.1) is 11.6 Å². The quantitative estimate of drug-likeness (QED) is 0.867. The summed E-state index contributed by atoms with van der Waals surface area (Å²) in [6.45, 7) is 5.35. The molecule has 2 aromatic rings. The first kappa shape index (κ1) is 14.6. The monoisotopic (exact) mass is 294 g/mol. The summed E-state index contributed by atoms with van der Waals surface area (Å²) in [5.74, 6) is 1.07. The lowest BCUT2D eigenvalue weighted by Gasteiger charge is -2.18. The smallest absolute Gasteiger partial charge is 0.158 e. The van der Waals surface area contributed by atoms with Crippen LogP contribution >= 0.6 is 0 Å². The molecule has 0 N–H and O–H groups in total. The zero-order chi connectivity index (χ0) is 15.7. The van der Waals surface area contributed by atoms with Crippen LogP contribution in [0, 0.1) is 11.3 Å². The van der Waals surface area contributed by atoms with Crippen molar-refractivity contribution in [1.29, 1.82) is 5.26 Å². The highest BCUT2D eigenvalue weighted by atomic mass is 15.4. The molecule has 0 aliphatic carbocycles. The number of anilines is 2. The second-order valence-corrected chi connectivity index (χ2v) is 5.83. The lowest BCUT2D eigenvalue weighted by Crippen LogP contribution is -2.15. The summed E-state index contributed by atoms with van der Waals surface area (Å²) < 4.78 is 2.03. The molecule has 4 heteroatoms. The van der Waals surface area contributed by atoms with Crippen molar-refractivity contribution in [3.63, 3.8) is 0 Å². The van der Waals surface area contributed by atoms with Gasteiger partial charge in [0.15, 0.2) is 5.82 Å². The molecule has 0 unspecified atom stereocenters. The van der Waals surface area contributed by atoms with Crippen LogP contribution in [0.25, 0.3) is 0 Å². The molecule has 1 aromatic carbocycles. The average Bonchev–Trinajstić information content (AvgIpc) is 3.08. The normalized spacial score (nSPS) is 13.3. The van der Waals surface area contributed by atoms with Crippen LogP contribution in [0.15, 0.2) is 18.2 Å². The van der Waals surface area contributed by atoms with E-state index in [9.17, 15) is 0 Å². The molecule has 0 atom stereocenters. The van der Waals surface area contributed by atoms with Crippen molar-refractivity contribution in [1.82, 2.24) is 9.78 Å². The van der Waals surface area contributed by atoms with Gasteiger partial charge in [-0.25, -0.2) is 0 Å². The Labute approximate surface area is 132 Å². The van der Waals surface area contributed by atoms with Crippen molar-refractivity contribution < 1.29 is 0 Å². The fourth-order valence-electron chi connectivity index (χ4n) is 3.38. The van der Waals surface area contributed by atoms with E-state index in [-0.39, 0.29) is 0 Å². The summed E-state index contributed by atoms with van der Waals surface area (Å²) in [4.78, 5) is 2.29. The second-order valence-electron chi connectivity index (χ2n) is 5.83. The Hall–Kier alpha value is -2.28. The van der Waals surface area contributed by atoms with E-state index >= 15 is 0 Å². The Morgan fingerprint density at radius 1 is 1.32 bits per heavy atom. The predicted molar refractivity (Wildman–Crippen MR) is 88.4 cm³/mol. The molecule has 22 heavy (non-hydrogen) atoms. The van der Waals surface area contributed by atoms with Crippen LogP contribution in [0.4, 0.5) is 11.5 Å². The Morgan fingerprint density at radius 2 is 2.14 bits per heavy atom. The fourth-order valence-corrected chi connectivity index (χ4v) is 3.38. The largest absolute Gasteiger partial charge is 0.324 e. The SMILES string of the molecule is CCCc1c(CC)c(N2CCc3ccc(C#N)cc32)nn1C. The van der Waals surface area contributed by atoms with Gasteiger partial charge in [0, 0.05) is 30.5 Å². The van der Waals surface area contributed by atoms with E-state index in [4.69, 9.17) is 10.4 Å². The Bertz CT molecular complexity index is 736. The highest BCUT2D eigenvalue weighted by Gasteiger charge is 2.26. The molecule has 1 aliphatic heterocycles. The first-order chi connectivity index (χ1) is 10.7. The zero-order valence-corrected chi connectivity index (χ0v) is 13.6. The number of hydrogen-bond donors (Lipinski definition) is 0. The van der Waals surface area contributed by atoms with E-state index in [1.165, 1.54) is 16.8 Å². The number of benzene rings is 1. The molecule has 0 saturated carbocycles. The van der Waals surface area contributed by atoms with Crippen LogP contribution < -0.4 is 4.90 Å². The molecule has 0 radical (unpaired) electrons. The summed E-state index contributed by atoms with van der Waals surface area (Å²) in [7, 11) is 2.04. The van der Waals surface area contributed by atoms with Crippen molar-refractivity contribution in [3.05, 3.63) is 40.6 Å². The average molecular weight is 294 g/mol. The molecular weight excluding hydrogens is 272 g/mol. The van der Waals surface area contributed by atoms with Gasteiger partial charge in [-0.2, -0.15) is 10.4 Å². The topological polar surface area (TPSA) is 44.9 Å². The molecule has 0 amide bonds. The number of rotatable bonds is 4. The summed E-state index contributed by atoms with van der Waals surface area (Å²) in [6.07, 6.45) is 4.19. The highest BCUT2D eigenvalue weighted by molar-refractivity contribution is 5.71. The minimum absolute atomic E-state index is 0.716. The molecule has 0 saturated heterocycles. The summed E-state index contributed by atoms with van der Waals surface area (Å²) in [5.41, 5.74) is 5.86. The molecular formula is C18H22N4. The Kier molecular flexibility index (Phi) is 3.89. The molecule has 1 aliphatic rings. The van der Waals surface area contributed by atoms with Crippen LogP contribution in [-0.4, -0.2) is 16.3 Å². The maximum atomic E-state index is 9.16. The summed E-state index contributed by atoms with van der Waals surface area (Å²) in [6, 6.07) is 8.22. The number of aromatic nitrogens is 2. The van der Waals surface area contributed by atoms with Crippen LogP contribution in [0.5, 0.6) is 0 Å². The third-order valence-electron chi connectivity index (χ3n) is 4.46. The van der Waals surface area contributed by atoms with Crippen molar-refractivity contribution in [2.45, 2.75) is 39.5 Å². The van der Waals surface area contributed by atoms with Gasteiger partial charge in [-0.15, -0.1) is 0 Å². The molecule has 4 nitrogen and oxygen atoms in total. The van der Waals surface area contributed by atoms with Crippen LogP contribution in [0.2, 0.25) is 0 Å². The first-order valence-electron chi connectivity index (χ1n) is 8.04. The maximum absolute atomic E-state index is 9.16. The predicted octanol–water partition coefficient (Wildman–Crippen LogP) is 3.50. The van der Waals surface area contributed by atoms with Crippen molar-refractivity contribution >= 4 is 11.5 Å². The van der Waals surface area contributed by atoms with E-state index in [2.05, 4.69) is 30.9 Å². The Morgan fingerprint density at radius 3 is 2.82 bits per heavy atom. The second kappa shape index (κ2) is 5.84. The number of nitrogens with zero attached hydrogens (tertiary/aromatic N) is 4. The molecule has 2 heterocycles. The van der Waals surface area contributed by atoms with Crippen molar-refractivity contribution in [3.8, 4) is 6.07 Å². The van der Waals surface area contributed by atoms with Crippen LogP contribution in [-0.2, 0) is 26.3 Å². The van der Waals surface area contributed by atoms with E-state index in [1.54, 1.807) is 0 Å². The molecule has 0 bridgehead atoms. The van der Waals surface area contributed by atoms with Gasteiger partial charge in [0.2, 0.25) is 0 Å². The van der Waals surface area contributed by atoms with Gasteiger partial charge in [0.1, 0.15) is 0 Å². The molecule has 0 spiro atoms. The van der Waals surface area contributed by atoms with Crippen LogP contribution in [0.1, 0.15) is 42.7 Å². The standard InChI is InChI=1S/C18H22N4/c1-4-6-16-15(5-2)18(20-21(16)3)22-10-9-14-8-7-13(12-19)11-17(14)22/h7-8,11H,4-6,9-10H2,1-3H3. The lowest BCUT2D eigenvalue weighted by atomic mass is 10.1. The minimum Gasteiger partial charge on any atom is -0.324 e. The number of aryl methyl sites for hydroxylation is 1. The molecule has 1 aromatic heterocycles. The summed E-state index contributed by atoms with van der Waals surface area (Å²) >= 11 is 0. The van der Waals surface area contributed by atoms with Gasteiger partial charge in [-0.3, -0.25) is 4.68 Å². The number of fused-ring (bicyclic) bond motifs is 1.